The molecule has 3 aromatic carbocycles. The predicted octanol–water partition coefficient (Wildman–Crippen LogP) is 5.06. The third-order valence-electron chi connectivity index (χ3n) is 3.95. The third kappa shape index (κ3) is 4.79. The lowest BCUT2D eigenvalue weighted by Gasteiger charge is -2.10. The summed E-state index contributed by atoms with van der Waals surface area (Å²) in [5.41, 5.74) is 2.25. The number of carbonyl (C=O) groups is 1. The summed E-state index contributed by atoms with van der Waals surface area (Å²) in [5, 5.41) is 2.86. The standard InChI is InChI=1S/C22H21NO4/c1-15-5-4-6-19(11-15)27-18-9-7-17(8-10-18)23-22(24)16-12-20(25-2)14-21(13-16)26-3/h4-14H,1-3H3,(H,23,24). The maximum Gasteiger partial charge on any atom is 0.255 e. The maximum absolute atomic E-state index is 12.5. The Bertz CT molecular complexity index is 913. The van der Waals surface area contributed by atoms with E-state index >= 15 is 0 Å². The van der Waals surface area contributed by atoms with Gasteiger partial charge in [-0.3, -0.25) is 4.79 Å². The van der Waals surface area contributed by atoms with Gasteiger partial charge < -0.3 is 19.5 Å². The van der Waals surface area contributed by atoms with Crippen molar-refractivity contribution >= 4 is 11.6 Å². The van der Waals surface area contributed by atoms with Crippen LogP contribution < -0.4 is 19.5 Å². The molecular formula is C22H21NO4. The SMILES string of the molecule is COc1cc(OC)cc(C(=O)Nc2ccc(Oc3cccc(C)c3)cc2)c1. The molecule has 5 heteroatoms. The van der Waals surface area contributed by atoms with Crippen LogP contribution in [0.2, 0.25) is 0 Å². The van der Waals surface area contributed by atoms with Crippen LogP contribution >= 0.6 is 0 Å². The molecular weight excluding hydrogens is 342 g/mol. The zero-order valence-electron chi connectivity index (χ0n) is 15.5. The number of anilines is 1. The summed E-state index contributed by atoms with van der Waals surface area (Å²) in [4.78, 5) is 12.5. The highest BCUT2D eigenvalue weighted by molar-refractivity contribution is 6.04. The molecule has 0 spiro atoms. The van der Waals surface area contributed by atoms with Crippen LogP contribution in [0, 0.1) is 6.92 Å². The van der Waals surface area contributed by atoms with Gasteiger partial charge in [0.1, 0.15) is 23.0 Å². The summed E-state index contributed by atoms with van der Waals surface area (Å²) in [5.74, 6) is 2.33. The molecule has 3 aromatic rings. The Morgan fingerprint density at radius 1 is 0.778 bits per heavy atom. The van der Waals surface area contributed by atoms with E-state index in [2.05, 4.69) is 5.32 Å². The van der Waals surface area contributed by atoms with Gasteiger partial charge in [-0.25, -0.2) is 0 Å². The second-order valence-electron chi connectivity index (χ2n) is 6.00. The quantitative estimate of drug-likeness (QED) is 0.665. The number of methoxy groups -OCH3 is 2. The molecule has 3 rings (SSSR count). The van der Waals surface area contributed by atoms with E-state index in [4.69, 9.17) is 14.2 Å². The van der Waals surface area contributed by atoms with E-state index in [0.717, 1.165) is 11.3 Å². The fourth-order valence-corrected chi connectivity index (χ4v) is 2.56. The topological polar surface area (TPSA) is 56.8 Å². The number of rotatable bonds is 6. The second-order valence-corrected chi connectivity index (χ2v) is 6.00. The molecule has 0 heterocycles. The number of amides is 1. The lowest BCUT2D eigenvalue weighted by atomic mass is 10.1. The number of carbonyl (C=O) groups excluding carboxylic acids is 1. The molecule has 0 radical (unpaired) electrons. The maximum atomic E-state index is 12.5. The van der Waals surface area contributed by atoms with Crippen LogP contribution in [0.15, 0.2) is 66.7 Å². The van der Waals surface area contributed by atoms with E-state index in [1.807, 2.05) is 43.3 Å². The summed E-state index contributed by atoms with van der Waals surface area (Å²) in [6.45, 7) is 2.01. The summed E-state index contributed by atoms with van der Waals surface area (Å²) >= 11 is 0. The fourth-order valence-electron chi connectivity index (χ4n) is 2.56. The minimum Gasteiger partial charge on any atom is -0.497 e. The molecule has 0 aliphatic heterocycles. The molecule has 27 heavy (non-hydrogen) atoms. The van der Waals surface area contributed by atoms with Crippen molar-refractivity contribution in [1.29, 1.82) is 0 Å². The molecule has 0 aliphatic rings. The average Bonchev–Trinajstić information content (AvgIpc) is 2.69. The van der Waals surface area contributed by atoms with Crippen molar-refractivity contribution in [3.63, 3.8) is 0 Å². The first-order chi connectivity index (χ1) is 13.1. The van der Waals surface area contributed by atoms with Gasteiger partial charge in [0, 0.05) is 17.3 Å². The Morgan fingerprint density at radius 3 is 2.04 bits per heavy atom. The molecule has 0 fully saturated rings. The number of ether oxygens (including phenoxy) is 3. The van der Waals surface area contributed by atoms with Crippen molar-refractivity contribution in [3.05, 3.63) is 77.9 Å². The van der Waals surface area contributed by atoms with Gasteiger partial charge in [-0.2, -0.15) is 0 Å². The normalized spacial score (nSPS) is 10.2. The molecule has 1 amide bonds. The largest absolute Gasteiger partial charge is 0.497 e. The molecule has 0 saturated carbocycles. The van der Waals surface area contributed by atoms with E-state index in [9.17, 15) is 4.79 Å². The van der Waals surface area contributed by atoms with E-state index in [0.29, 0.717) is 28.5 Å². The molecule has 1 N–H and O–H groups in total. The van der Waals surface area contributed by atoms with Crippen LogP contribution in [0.3, 0.4) is 0 Å². The van der Waals surface area contributed by atoms with Gasteiger partial charge in [0.05, 0.1) is 14.2 Å². The van der Waals surface area contributed by atoms with Gasteiger partial charge in [0.25, 0.3) is 5.91 Å². The molecule has 0 aromatic heterocycles. The fraction of sp³-hybridized carbons (Fsp3) is 0.136. The zero-order chi connectivity index (χ0) is 19.2. The number of benzene rings is 3. The summed E-state index contributed by atoms with van der Waals surface area (Å²) < 4.78 is 16.2. The monoisotopic (exact) mass is 363 g/mol. The Labute approximate surface area is 158 Å². The summed E-state index contributed by atoms with van der Waals surface area (Å²) in [6, 6.07) is 20.1. The first-order valence-corrected chi connectivity index (χ1v) is 8.46. The Balaban J connectivity index is 1.70. The minimum atomic E-state index is -0.250. The molecule has 138 valence electrons. The van der Waals surface area contributed by atoms with Crippen molar-refractivity contribution < 1.29 is 19.0 Å². The van der Waals surface area contributed by atoms with E-state index in [-0.39, 0.29) is 5.91 Å². The smallest absolute Gasteiger partial charge is 0.255 e. The Kier molecular flexibility index (Phi) is 5.61. The van der Waals surface area contributed by atoms with Gasteiger partial charge >= 0.3 is 0 Å². The second kappa shape index (κ2) is 8.27. The predicted molar refractivity (Wildman–Crippen MR) is 105 cm³/mol. The van der Waals surface area contributed by atoms with E-state index < -0.39 is 0 Å². The first-order valence-electron chi connectivity index (χ1n) is 8.46. The lowest BCUT2D eigenvalue weighted by molar-refractivity contribution is 0.102. The highest BCUT2D eigenvalue weighted by Gasteiger charge is 2.10. The number of hydrogen-bond donors (Lipinski definition) is 1. The third-order valence-corrected chi connectivity index (χ3v) is 3.95. The molecule has 0 aliphatic carbocycles. The van der Waals surface area contributed by atoms with E-state index in [1.54, 1.807) is 44.6 Å². The highest BCUT2D eigenvalue weighted by Crippen LogP contribution is 2.25. The molecule has 0 bridgehead atoms. The van der Waals surface area contributed by atoms with Crippen LogP contribution in [-0.2, 0) is 0 Å². The van der Waals surface area contributed by atoms with E-state index in [1.165, 1.54) is 0 Å². The van der Waals surface area contributed by atoms with Crippen LogP contribution in [0.1, 0.15) is 15.9 Å². The van der Waals surface area contributed by atoms with Gasteiger partial charge in [-0.05, 0) is 61.0 Å². The van der Waals surface area contributed by atoms with Crippen molar-refractivity contribution in [2.45, 2.75) is 6.92 Å². The van der Waals surface area contributed by atoms with Crippen molar-refractivity contribution in [1.82, 2.24) is 0 Å². The highest BCUT2D eigenvalue weighted by atomic mass is 16.5. The number of aryl methyl sites for hydroxylation is 1. The van der Waals surface area contributed by atoms with Crippen LogP contribution in [0.5, 0.6) is 23.0 Å². The number of hydrogen-bond acceptors (Lipinski definition) is 4. The minimum absolute atomic E-state index is 0.250. The van der Waals surface area contributed by atoms with Gasteiger partial charge in [-0.1, -0.05) is 12.1 Å². The average molecular weight is 363 g/mol. The Morgan fingerprint density at radius 2 is 1.44 bits per heavy atom. The molecule has 0 saturated heterocycles. The van der Waals surface area contributed by atoms with Gasteiger partial charge in [0.2, 0.25) is 0 Å². The van der Waals surface area contributed by atoms with Gasteiger partial charge in [0.15, 0.2) is 0 Å². The number of nitrogens with one attached hydrogen (secondary N) is 1. The van der Waals surface area contributed by atoms with Crippen molar-refractivity contribution in [2.24, 2.45) is 0 Å². The van der Waals surface area contributed by atoms with Crippen LogP contribution in [0.4, 0.5) is 5.69 Å². The Hall–Kier alpha value is -3.47. The van der Waals surface area contributed by atoms with Gasteiger partial charge in [-0.15, -0.1) is 0 Å². The van der Waals surface area contributed by atoms with Crippen LogP contribution in [0.25, 0.3) is 0 Å². The van der Waals surface area contributed by atoms with Crippen molar-refractivity contribution in [3.8, 4) is 23.0 Å². The molecule has 5 nitrogen and oxygen atoms in total. The lowest BCUT2D eigenvalue weighted by Crippen LogP contribution is -2.12. The zero-order valence-corrected chi connectivity index (χ0v) is 15.5. The molecule has 0 atom stereocenters. The van der Waals surface area contributed by atoms with Crippen LogP contribution in [-0.4, -0.2) is 20.1 Å². The molecule has 0 unspecified atom stereocenters. The summed E-state index contributed by atoms with van der Waals surface area (Å²) in [7, 11) is 3.09. The summed E-state index contributed by atoms with van der Waals surface area (Å²) in [6.07, 6.45) is 0. The van der Waals surface area contributed by atoms with Crippen molar-refractivity contribution in [2.75, 3.05) is 19.5 Å². The first kappa shape index (κ1) is 18.3.